The van der Waals surface area contributed by atoms with Crippen molar-refractivity contribution in [3.63, 3.8) is 0 Å². The molecule has 0 aromatic heterocycles. The Labute approximate surface area is 117 Å². The molecule has 1 aromatic carbocycles. The Balaban J connectivity index is 1.94. The van der Waals surface area contributed by atoms with Crippen LogP contribution in [0.5, 0.6) is 5.75 Å². The molecule has 1 fully saturated rings. The van der Waals surface area contributed by atoms with E-state index in [0.29, 0.717) is 12.1 Å². The van der Waals surface area contributed by atoms with Crippen LogP contribution < -0.4 is 4.74 Å². The number of nitrogens with zero attached hydrogens (tertiary/aromatic N) is 1. The van der Waals surface area contributed by atoms with E-state index < -0.39 is 0 Å². The molecule has 0 saturated carbocycles. The Bertz CT molecular complexity index is 374. The second kappa shape index (κ2) is 6.42. The molecule has 1 heterocycles. The molecule has 1 aliphatic rings. The highest BCUT2D eigenvalue weighted by molar-refractivity contribution is 5.21. The molecule has 1 saturated heterocycles. The number of para-hydroxylation sites is 1. The van der Waals surface area contributed by atoms with Crippen molar-refractivity contribution in [1.82, 2.24) is 4.90 Å². The minimum Gasteiger partial charge on any atom is -0.492 e. The molecule has 0 radical (unpaired) electrons. The normalized spacial score (nSPS) is 24.3. The molecule has 0 N–H and O–H groups in total. The van der Waals surface area contributed by atoms with Gasteiger partial charge in [-0.1, -0.05) is 32.0 Å². The quantitative estimate of drug-likeness (QED) is 0.799. The van der Waals surface area contributed by atoms with Crippen LogP contribution in [0, 0.1) is 11.8 Å². The van der Waals surface area contributed by atoms with E-state index in [4.69, 9.17) is 4.74 Å². The molecule has 2 heteroatoms. The topological polar surface area (TPSA) is 12.5 Å². The molecule has 0 bridgehead atoms. The van der Waals surface area contributed by atoms with Crippen molar-refractivity contribution in [3.8, 4) is 5.75 Å². The molecule has 2 nitrogen and oxygen atoms in total. The van der Waals surface area contributed by atoms with Crippen molar-refractivity contribution >= 4 is 0 Å². The Morgan fingerprint density at radius 2 is 1.84 bits per heavy atom. The lowest BCUT2D eigenvalue weighted by Gasteiger charge is -2.28. The van der Waals surface area contributed by atoms with E-state index in [-0.39, 0.29) is 0 Å². The van der Waals surface area contributed by atoms with Crippen LogP contribution in [0.1, 0.15) is 34.1 Å². The summed E-state index contributed by atoms with van der Waals surface area (Å²) in [6.45, 7) is 11.3. The van der Waals surface area contributed by atoms with Crippen LogP contribution in [0.2, 0.25) is 0 Å². The number of hydrogen-bond donors (Lipinski definition) is 0. The van der Waals surface area contributed by atoms with Gasteiger partial charge in [0.2, 0.25) is 0 Å². The minimum atomic E-state index is 0.563. The van der Waals surface area contributed by atoms with Crippen molar-refractivity contribution in [2.45, 2.75) is 46.2 Å². The van der Waals surface area contributed by atoms with E-state index in [2.05, 4.69) is 32.6 Å². The highest BCUT2D eigenvalue weighted by Gasteiger charge is 2.35. The van der Waals surface area contributed by atoms with Crippen molar-refractivity contribution in [2.24, 2.45) is 11.8 Å². The lowest BCUT2D eigenvalue weighted by molar-refractivity contribution is 0.143. The zero-order valence-corrected chi connectivity index (χ0v) is 12.7. The van der Waals surface area contributed by atoms with Gasteiger partial charge >= 0.3 is 0 Å². The first-order valence-corrected chi connectivity index (χ1v) is 7.51. The molecule has 2 atom stereocenters. The van der Waals surface area contributed by atoms with Gasteiger partial charge in [-0.2, -0.15) is 0 Å². The van der Waals surface area contributed by atoms with E-state index >= 15 is 0 Å². The largest absolute Gasteiger partial charge is 0.492 e. The van der Waals surface area contributed by atoms with Gasteiger partial charge in [-0.3, -0.25) is 4.90 Å². The van der Waals surface area contributed by atoms with E-state index in [1.165, 1.54) is 13.0 Å². The van der Waals surface area contributed by atoms with Crippen LogP contribution in [0.3, 0.4) is 0 Å². The van der Waals surface area contributed by atoms with Crippen molar-refractivity contribution in [3.05, 3.63) is 30.3 Å². The molecule has 0 amide bonds. The lowest BCUT2D eigenvalue weighted by Crippen LogP contribution is -2.39. The summed E-state index contributed by atoms with van der Waals surface area (Å²) in [4.78, 5) is 2.60. The maximum absolute atomic E-state index is 5.96. The van der Waals surface area contributed by atoms with Gasteiger partial charge in [0, 0.05) is 18.6 Å². The Morgan fingerprint density at radius 1 is 1.16 bits per heavy atom. The molecule has 1 aliphatic heterocycles. The van der Waals surface area contributed by atoms with Gasteiger partial charge in [-0.25, -0.2) is 0 Å². The molecule has 2 rings (SSSR count). The summed E-state index contributed by atoms with van der Waals surface area (Å²) in [6.07, 6.45) is 1.27. The fourth-order valence-corrected chi connectivity index (χ4v) is 2.97. The first-order chi connectivity index (χ1) is 9.08. The number of benzene rings is 1. The zero-order chi connectivity index (χ0) is 13.8. The van der Waals surface area contributed by atoms with Crippen molar-refractivity contribution in [1.29, 1.82) is 0 Å². The number of rotatable bonds is 5. The predicted octanol–water partition coefficient (Wildman–Crippen LogP) is 3.82. The Kier molecular flexibility index (Phi) is 4.87. The predicted molar refractivity (Wildman–Crippen MR) is 80.5 cm³/mol. The van der Waals surface area contributed by atoms with Gasteiger partial charge in [-0.15, -0.1) is 0 Å². The minimum absolute atomic E-state index is 0.563. The van der Waals surface area contributed by atoms with Crippen LogP contribution in [0.15, 0.2) is 30.3 Å². The summed E-state index contributed by atoms with van der Waals surface area (Å²) in [6, 6.07) is 11.3. The molecular formula is C17H27NO. The third kappa shape index (κ3) is 3.73. The van der Waals surface area contributed by atoms with Crippen LogP contribution in [0.25, 0.3) is 0 Å². The smallest absolute Gasteiger partial charge is 0.119 e. The maximum Gasteiger partial charge on any atom is 0.119 e. The summed E-state index contributed by atoms with van der Waals surface area (Å²) >= 11 is 0. The van der Waals surface area contributed by atoms with Gasteiger partial charge in [-0.05, 0) is 44.2 Å². The molecule has 19 heavy (non-hydrogen) atoms. The maximum atomic E-state index is 5.96. The zero-order valence-electron chi connectivity index (χ0n) is 12.7. The van der Waals surface area contributed by atoms with Crippen LogP contribution >= 0.6 is 0 Å². The van der Waals surface area contributed by atoms with E-state index in [1.807, 2.05) is 30.3 Å². The summed E-state index contributed by atoms with van der Waals surface area (Å²) < 4.78 is 5.96. The summed E-state index contributed by atoms with van der Waals surface area (Å²) in [5.74, 6) is 2.56. The number of hydrogen-bond acceptors (Lipinski definition) is 2. The number of likely N-dealkylation sites (tertiary alicyclic amines) is 1. The fraction of sp³-hybridized carbons (Fsp3) is 0.647. The second-order valence-corrected chi connectivity index (χ2v) is 6.31. The molecular weight excluding hydrogens is 234 g/mol. The second-order valence-electron chi connectivity index (χ2n) is 6.31. The van der Waals surface area contributed by atoms with Crippen LogP contribution in [-0.2, 0) is 0 Å². The third-order valence-electron chi connectivity index (χ3n) is 4.28. The average Bonchev–Trinajstić information content (AvgIpc) is 2.82. The van der Waals surface area contributed by atoms with E-state index in [9.17, 15) is 0 Å². The molecule has 0 spiro atoms. The standard InChI is InChI=1S/C17H27NO/c1-13(2)15-10-16(18(11-15)14(3)4)12-19-17-8-6-5-7-9-17/h5-9,13-16H,10-12H2,1-4H3. The lowest BCUT2D eigenvalue weighted by atomic mass is 9.93. The number of ether oxygens (including phenoxy) is 1. The van der Waals surface area contributed by atoms with Crippen LogP contribution in [0.4, 0.5) is 0 Å². The molecule has 106 valence electrons. The molecule has 2 unspecified atom stereocenters. The third-order valence-corrected chi connectivity index (χ3v) is 4.28. The monoisotopic (exact) mass is 261 g/mol. The molecule has 0 aliphatic carbocycles. The van der Waals surface area contributed by atoms with Gasteiger partial charge in [0.15, 0.2) is 0 Å². The van der Waals surface area contributed by atoms with E-state index in [1.54, 1.807) is 0 Å². The highest BCUT2D eigenvalue weighted by atomic mass is 16.5. The Morgan fingerprint density at radius 3 is 2.42 bits per heavy atom. The van der Waals surface area contributed by atoms with Crippen molar-refractivity contribution < 1.29 is 4.74 Å². The summed E-state index contributed by atoms with van der Waals surface area (Å²) in [5, 5.41) is 0. The van der Waals surface area contributed by atoms with Crippen molar-refractivity contribution in [2.75, 3.05) is 13.2 Å². The van der Waals surface area contributed by atoms with Gasteiger partial charge in [0.05, 0.1) is 0 Å². The van der Waals surface area contributed by atoms with Gasteiger partial charge in [0.1, 0.15) is 12.4 Å². The highest BCUT2D eigenvalue weighted by Crippen LogP contribution is 2.30. The molecule has 1 aromatic rings. The Hall–Kier alpha value is -1.02. The summed E-state index contributed by atoms with van der Waals surface area (Å²) in [5.41, 5.74) is 0. The van der Waals surface area contributed by atoms with Crippen LogP contribution in [-0.4, -0.2) is 30.1 Å². The summed E-state index contributed by atoms with van der Waals surface area (Å²) in [7, 11) is 0. The average molecular weight is 261 g/mol. The first-order valence-electron chi connectivity index (χ1n) is 7.51. The van der Waals surface area contributed by atoms with E-state index in [0.717, 1.165) is 24.2 Å². The SMILES string of the molecule is CC(C)C1CC(COc2ccccc2)N(C(C)C)C1. The van der Waals surface area contributed by atoms with Gasteiger partial charge in [0.25, 0.3) is 0 Å². The first kappa shape index (κ1) is 14.4. The fourth-order valence-electron chi connectivity index (χ4n) is 2.97. The van der Waals surface area contributed by atoms with Gasteiger partial charge < -0.3 is 4.74 Å².